The van der Waals surface area contributed by atoms with Crippen LogP contribution in [0.4, 0.5) is 0 Å². The number of thioether (sulfide) groups is 1. The molecule has 9 heteroatoms. The molecule has 0 unspecified atom stereocenters. The average molecular weight is 380 g/mol. The molecule has 0 bridgehead atoms. The summed E-state index contributed by atoms with van der Waals surface area (Å²) in [4.78, 5) is 23.7. The third-order valence-electron chi connectivity index (χ3n) is 3.82. The Labute approximate surface area is 156 Å². The smallest absolute Gasteiger partial charge is 0.316 e. The second-order valence-electron chi connectivity index (χ2n) is 6.26. The molecule has 8 nitrogen and oxygen atoms in total. The van der Waals surface area contributed by atoms with Crippen molar-refractivity contribution in [2.75, 3.05) is 12.4 Å². The van der Waals surface area contributed by atoms with Gasteiger partial charge in [-0.15, -0.1) is 10.2 Å². The minimum absolute atomic E-state index is 0.0424. The molecule has 142 valence electrons. The minimum atomic E-state index is -0.482. The maximum absolute atomic E-state index is 11.9. The molecule has 2 aromatic heterocycles. The van der Waals surface area contributed by atoms with Gasteiger partial charge in [0.25, 0.3) is 5.91 Å². The summed E-state index contributed by atoms with van der Waals surface area (Å²) in [5.41, 5.74) is -0.321. The van der Waals surface area contributed by atoms with Gasteiger partial charge < -0.3 is 14.5 Å². The predicted molar refractivity (Wildman–Crippen MR) is 97.6 cm³/mol. The number of nitrogens with zero attached hydrogens (tertiary/aromatic N) is 3. The standard InChI is InChI=1S/C17H24N4O4S/c1-5-17(3,4)18-13(22)10-25-14(23)11-26-16-20-19-15(21(16)6-2)12-8-7-9-24-12/h7-9H,5-6,10-11H2,1-4H3,(H,18,22). The first-order chi connectivity index (χ1) is 12.4. The fraction of sp³-hybridized carbons (Fsp3) is 0.529. The van der Waals surface area contributed by atoms with E-state index in [2.05, 4.69) is 15.5 Å². The van der Waals surface area contributed by atoms with Crippen molar-refractivity contribution in [3.63, 3.8) is 0 Å². The Balaban J connectivity index is 1.85. The van der Waals surface area contributed by atoms with Crippen molar-refractivity contribution in [3.8, 4) is 11.6 Å². The van der Waals surface area contributed by atoms with Gasteiger partial charge in [0.2, 0.25) is 0 Å². The molecular formula is C17H24N4O4S. The summed E-state index contributed by atoms with van der Waals surface area (Å²) in [6.45, 7) is 8.10. The van der Waals surface area contributed by atoms with Crippen molar-refractivity contribution in [2.24, 2.45) is 0 Å². The van der Waals surface area contributed by atoms with E-state index in [1.165, 1.54) is 11.8 Å². The molecular weight excluding hydrogens is 356 g/mol. The van der Waals surface area contributed by atoms with Crippen LogP contribution >= 0.6 is 11.8 Å². The van der Waals surface area contributed by atoms with E-state index in [9.17, 15) is 9.59 Å². The average Bonchev–Trinajstić information content (AvgIpc) is 3.26. The monoisotopic (exact) mass is 380 g/mol. The molecule has 0 radical (unpaired) electrons. The van der Waals surface area contributed by atoms with Gasteiger partial charge in [0, 0.05) is 12.1 Å². The van der Waals surface area contributed by atoms with E-state index in [0.717, 1.165) is 6.42 Å². The number of carbonyl (C=O) groups is 2. The van der Waals surface area contributed by atoms with Crippen LogP contribution < -0.4 is 5.32 Å². The Morgan fingerprint density at radius 1 is 1.35 bits per heavy atom. The lowest BCUT2D eigenvalue weighted by Gasteiger charge is -2.24. The van der Waals surface area contributed by atoms with Gasteiger partial charge >= 0.3 is 5.97 Å². The molecule has 0 atom stereocenters. The third-order valence-corrected chi connectivity index (χ3v) is 4.76. The molecule has 0 saturated heterocycles. The number of aromatic nitrogens is 3. The molecule has 26 heavy (non-hydrogen) atoms. The molecule has 0 spiro atoms. The van der Waals surface area contributed by atoms with Crippen molar-refractivity contribution in [1.29, 1.82) is 0 Å². The van der Waals surface area contributed by atoms with Crippen LogP contribution in [0.5, 0.6) is 0 Å². The van der Waals surface area contributed by atoms with Crippen LogP contribution in [-0.2, 0) is 20.9 Å². The molecule has 1 N–H and O–H groups in total. The molecule has 0 aromatic carbocycles. The van der Waals surface area contributed by atoms with Gasteiger partial charge in [-0.3, -0.25) is 14.2 Å². The Morgan fingerprint density at radius 3 is 2.73 bits per heavy atom. The first-order valence-electron chi connectivity index (χ1n) is 8.42. The number of esters is 1. The Morgan fingerprint density at radius 2 is 2.12 bits per heavy atom. The van der Waals surface area contributed by atoms with Gasteiger partial charge in [-0.05, 0) is 39.3 Å². The van der Waals surface area contributed by atoms with Crippen molar-refractivity contribution >= 4 is 23.6 Å². The molecule has 1 amide bonds. The minimum Gasteiger partial charge on any atom is -0.461 e. The van der Waals surface area contributed by atoms with Crippen LogP contribution in [0.3, 0.4) is 0 Å². The first kappa shape index (κ1) is 20.0. The van der Waals surface area contributed by atoms with Gasteiger partial charge in [0.05, 0.1) is 12.0 Å². The van der Waals surface area contributed by atoms with Crippen molar-refractivity contribution < 1.29 is 18.7 Å². The van der Waals surface area contributed by atoms with Crippen LogP contribution in [0.2, 0.25) is 0 Å². The largest absolute Gasteiger partial charge is 0.461 e. The number of furan rings is 1. The summed E-state index contributed by atoms with van der Waals surface area (Å²) in [7, 11) is 0. The van der Waals surface area contributed by atoms with E-state index in [4.69, 9.17) is 9.15 Å². The second-order valence-corrected chi connectivity index (χ2v) is 7.21. The summed E-state index contributed by atoms with van der Waals surface area (Å²) in [6.07, 6.45) is 2.35. The second kappa shape index (κ2) is 8.88. The van der Waals surface area contributed by atoms with Crippen molar-refractivity contribution in [1.82, 2.24) is 20.1 Å². The number of hydrogen-bond acceptors (Lipinski definition) is 7. The van der Waals surface area contributed by atoms with Crippen LogP contribution in [-0.4, -0.2) is 44.5 Å². The van der Waals surface area contributed by atoms with E-state index in [1.54, 1.807) is 18.4 Å². The van der Waals surface area contributed by atoms with E-state index < -0.39 is 5.97 Å². The quantitative estimate of drug-likeness (QED) is 0.527. The zero-order valence-electron chi connectivity index (χ0n) is 15.4. The fourth-order valence-corrected chi connectivity index (χ4v) is 2.88. The van der Waals surface area contributed by atoms with Gasteiger partial charge in [-0.25, -0.2) is 0 Å². The molecule has 0 aliphatic carbocycles. The van der Waals surface area contributed by atoms with Gasteiger partial charge in [0.1, 0.15) is 0 Å². The van der Waals surface area contributed by atoms with Crippen molar-refractivity contribution in [3.05, 3.63) is 18.4 Å². The highest BCUT2D eigenvalue weighted by Gasteiger charge is 2.20. The molecule has 2 heterocycles. The lowest BCUT2D eigenvalue weighted by atomic mass is 10.0. The lowest BCUT2D eigenvalue weighted by molar-refractivity contribution is -0.146. The normalized spacial score (nSPS) is 11.4. The van der Waals surface area contributed by atoms with E-state index in [0.29, 0.717) is 23.3 Å². The number of amides is 1. The summed E-state index contributed by atoms with van der Waals surface area (Å²) in [5, 5.41) is 11.6. The highest BCUT2D eigenvalue weighted by molar-refractivity contribution is 7.99. The summed E-state index contributed by atoms with van der Waals surface area (Å²) in [6, 6.07) is 3.58. The number of carbonyl (C=O) groups excluding carboxylic acids is 2. The van der Waals surface area contributed by atoms with Crippen molar-refractivity contribution in [2.45, 2.75) is 51.4 Å². The zero-order valence-corrected chi connectivity index (χ0v) is 16.3. The van der Waals surface area contributed by atoms with Crippen LogP contribution in [0.1, 0.15) is 34.1 Å². The molecule has 0 saturated carbocycles. The van der Waals surface area contributed by atoms with Gasteiger partial charge in [-0.2, -0.15) is 0 Å². The van der Waals surface area contributed by atoms with E-state index >= 15 is 0 Å². The maximum Gasteiger partial charge on any atom is 0.316 e. The molecule has 0 fully saturated rings. The summed E-state index contributed by atoms with van der Waals surface area (Å²) in [5.74, 6) is 0.469. The van der Waals surface area contributed by atoms with Crippen LogP contribution in [0.25, 0.3) is 11.6 Å². The highest BCUT2D eigenvalue weighted by Crippen LogP contribution is 2.24. The highest BCUT2D eigenvalue weighted by atomic mass is 32.2. The van der Waals surface area contributed by atoms with E-state index in [1.807, 2.05) is 32.3 Å². The number of rotatable bonds is 9. The molecule has 2 aromatic rings. The maximum atomic E-state index is 11.9. The molecule has 0 aliphatic heterocycles. The summed E-state index contributed by atoms with van der Waals surface area (Å²) < 4.78 is 12.2. The van der Waals surface area contributed by atoms with Gasteiger partial charge in [-0.1, -0.05) is 18.7 Å². The number of hydrogen-bond donors (Lipinski definition) is 1. The predicted octanol–water partition coefficient (Wildman–Crippen LogP) is 2.50. The number of ether oxygens (including phenoxy) is 1. The lowest BCUT2D eigenvalue weighted by Crippen LogP contribution is -2.44. The number of nitrogens with one attached hydrogen (secondary N) is 1. The van der Waals surface area contributed by atoms with Gasteiger partial charge in [0.15, 0.2) is 23.3 Å². The summed E-state index contributed by atoms with van der Waals surface area (Å²) >= 11 is 1.21. The first-order valence-corrected chi connectivity index (χ1v) is 9.41. The van der Waals surface area contributed by atoms with Crippen LogP contribution in [0, 0.1) is 0 Å². The Kier molecular flexibility index (Phi) is 6.84. The molecule has 2 rings (SSSR count). The fourth-order valence-electron chi connectivity index (χ4n) is 2.08. The Bertz CT molecular complexity index is 740. The topological polar surface area (TPSA) is 99.2 Å². The zero-order chi connectivity index (χ0) is 19.2. The Hall–Kier alpha value is -2.29. The molecule has 0 aliphatic rings. The third kappa shape index (κ3) is 5.35. The SMILES string of the molecule is CCn1c(SCC(=O)OCC(=O)NC(C)(C)CC)nnc1-c1ccco1. The van der Waals surface area contributed by atoms with E-state index in [-0.39, 0.29) is 23.8 Å². The van der Waals surface area contributed by atoms with Crippen LogP contribution in [0.15, 0.2) is 28.0 Å².